The van der Waals surface area contributed by atoms with Crippen molar-refractivity contribution >= 4 is 34.0 Å². The summed E-state index contributed by atoms with van der Waals surface area (Å²) in [5.74, 6) is 0.679. The van der Waals surface area contributed by atoms with Gasteiger partial charge in [0.1, 0.15) is 5.82 Å². The van der Waals surface area contributed by atoms with E-state index in [0.717, 1.165) is 16.6 Å². The van der Waals surface area contributed by atoms with E-state index >= 15 is 0 Å². The maximum absolute atomic E-state index is 5.91. The predicted molar refractivity (Wildman–Crippen MR) is 71.0 cm³/mol. The zero-order chi connectivity index (χ0) is 12.5. The normalized spacial score (nSPS) is 10.8. The first-order chi connectivity index (χ1) is 8.72. The number of aromatic nitrogens is 4. The second-order valence-electron chi connectivity index (χ2n) is 3.89. The molecule has 0 aliphatic carbocycles. The highest BCUT2D eigenvalue weighted by Crippen LogP contribution is 2.24. The minimum atomic E-state index is 0.222. The molecule has 90 valence electrons. The maximum Gasteiger partial charge on any atom is 0.224 e. The lowest BCUT2D eigenvalue weighted by atomic mass is 10.2. The van der Waals surface area contributed by atoms with Crippen LogP contribution in [-0.2, 0) is 7.05 Å². The van der Waals surface area contributed by atoms with E-state index in [2.05, 4.69) is 20.4 Å². The number of nitrogens with zero attached hydrogens (tertiary/aromatic N) is 4. The summed E-state index contributed by atoms with van der Waals surface area (Å²) in [4.78, 5) is 8.39. The van der Waals surface area contributed by atoms with Crippen molar-refractivity contribution in [2.45, 2.75) is 0 Å². The Morgan fingerprint density at radius 2 is 2.06 bits per heavy atom. The number of hydrogen-bond donors (Lipinski definition) is 1. The summed E-state index contributed by atoms with van der Waals surface area (Å²) in [5.41, 5.74) is 1.67. The highest BCUT2D eigenvalue weighted by Gasteiger charge is 2.07. The molecule has 0 bridgehead atoms. The molecule has 2 heterocycles. The van der Waals surface area contributed by atoms with Crippen molar-refractivity contribution in [3.05, 3.63) is 41.9 Å². The fraction of sp³-hybridized carbons (Fsp3) is 0.0833. The standard InChI is InChI=1S/C12H10ClN5/c1-18-7-8(6-14-18)15-11-9-4-2-3-5-10(9)16-12(13)17-11/h2-7H,1H3,(H,15,16,17). The first kappa shape index (κ1) is 11.0. The predicted octanol–water partition coefficient (Wildman–Crippen LogP) is 2.76. The lowest BCUT2D eigenvalue weighted by Crippen LogP contribution is -1.96. The van der Waals surface area contributed by atoms with E-state index in [4.69, 9.17) is 11.6 Å². The molecule has 0 aliphatic heterocycles. The molecule has 5 nitrogen and oxygen atoms in total. The molecular formula is C12H10ClN5. The van der Waals surface area contributed by atoms with Gasteiger partial charge in [0.2, 0.25) is 5.28 Å². The summed E-state index contributed by atoms with van der Waals surface area (Å²) in [6.07, 6.45) is 3.59. The van der Waals surface area contributed by atoms with Crippen LogP contribution < -0.4 is 5.32 Å². The molecule has 0 saturated heterocycles. The van der Waals surface area contributed by atoms with Crippen LogP contribution in [0.1, 0.15) is 0 Å². The van der Waals surface area contributed by atoms with Gasteiger partial charge in [-0.1, -0.05) is 12.1 Å². The highest BCUT2D eigenvalue weighted by molar-refractivity contribution is 6.28. The zero-order valence-electron chi connectivity index (χ0n) is 9.63. The highest BCUT2D eigenvalue weighted by atomic mass is 35.5. The van der Waals surface area contributed by atoms with E-state index in [1.807, 2.05) is 37.5 Å². The van der Waals surface area contributed by atoms with Gasteiger partial charge >= 0.3 is 0 Å². The van der Waals surface area contributed by atoms with Crippen molar-refractivity contribution in [1.29, 1.82) is 0 Å². The molecule has 0 saturated carbocycles. The molecule has 0 fully saturated rings. The molecule has 0 atom stereocenters. The van der Waals surface area contributed by atoms with Gasteiger partial charge < -0.3 is 5.32 Å². The molecule has 0 aliphatic rings. The van der Waals surface area contributed by atoms with Crippen LogP contribution in [0.15, 0.2) is 36.7 Å². The Bertz CT molecular complexity index is 707. The van der Waals surface area contributed by atoms with Crippen LogP contribution in [0.5, 0.6) is 0 Å². The van der Waals surface area contributed by atoms with Crippen LogP contribution >= 0.6 is 11.6 Å². The third-order valence-electron chi connectivity index (χ3n) is 2.54. The number of halogens is 1. The average molecular weight is 260 g/mol. The monoisotopic (exact) mass is 259 g/mol. The molecule has 6 heteroatoms. The van der Waals surface area contributed by atoms with Crippen molar-refractivity contribution in [3.63, 3.8) is 0 Å². The summed E-state index contributed by atoms with van der Waals surface area (Å²) in [7, 11) is 1.86. The van der Waals surface area contributed by atoms with E-state index in [1.54, 1.807) is 10.9 Å². The van der Waals surface area contributed by atoms with Crippen LogP contribution in [0.4, 0.5) is 11.5 Å². The van der Waals surface area contributed by atoms with Crippen molar-refractivity contribution in [3.8, 4) is 0 Å². The molecule has 1 aromatic carbocycles. The molecule has 0 spiro atoms. The molecule has 0 unspecified atom stereocenters. The van der Waals surface area contributed by atoms with Crippen LogP contribution in [0, 0.1) is 0 Å². The second-order valence-corrected chi connectivity index (χ2v) is 4.22. The van der Waals surface area contributed by atoms with Gasteiger partial charge in [0.15, 0.2) is 0 Å². The number of benzene rings is 1. The Balaban J connectivity index is 2.10. The van der Waals surface area contributed by atoms with E-state index in [9.17, 15) is 0 Å². The van der Waals surface area contributed by atoms with Crippen molar-refractivity contribution in [2.24, 2.45) is 7.05 Å². The molecule has 0 radical (unpaired) electrons. The number of fused-ring (bicyclic) bond motifs is 1. The third kappa shape index (κ3) is 2.00. The first-order valence-electron chi connectivity index (χ1n) is 5.40. The minimum absolute atomic E-state index is 0.222. The third-order valence-corrected chi connectivity index (χ3v) is 2.71. The quantitative estimate of drug-likeness (QED) is 0.719. The van der Waals surface area contributed by atoms with Crippen LogP contribution in [0.2, 0.25) is 5.28 Å². The van der Waals surface area contributed by atoms with E-state index in [0.29, 0.717) is 5.82 Å². The SMILES string of the molecule is Cn1cc(Nc2nc(Cl)nc3ccccc23)cn1. The van der Waals surface area contributed by atoms with Crippen molar-refractivity contribution in [1.82, 2.24) is 19.7 Å². The van der Waals surface area contributed by atoms with E-state index < -0.39 is 0 Å². The van der Waals surface area contributed by atoms with Crippen LogP contribution in [0.3, 0.4) is 0 Å². The fourth-order valence-corrected chi connectivity index (χ4v) is 1.94. The van der Waals surface area contributed by atoms with Crippen molar-refractivity contribution < 1.29 is 0 Å². The molecule has 3 aromatic rings. The minimum Gasteiger partial charge on any atom is -0.337 e. The summed E-state index contributed by atoms with van der Waals surface area (Å²) >= 11 is 5.91. The van der Waals surface area contributed by atoms with E-state index in [1.165, 1.54) is 0 Å². The van der Waals surface area contributed by atoms with Crippen LogP contribution in [0.25, 0.3) is 10.9 Å². The van der Waals surface area contributed by atoms with Gasteiger partial charge in [-0.2, -0.15) is 10.1 Å². The maximum atomic E-state index is 5.91. The topological polar surface area (TPSA) is 55.6 Å². The number of rotatable bonds is 2. The average Bonchev–Trinajstić information content (AvgIpc) is 2.74. The van der Waals surface area contributed by atoms with Gasteiger partial charge in [-0.05, 0) is 23.7 Å². The molecule has 2 aromatic heterocycles. The van der Waals surface area contributed by atoms with Gasteiger partial charge in [0, 0.05) is 18.6 Å². The first-order valence-corrected chi connectivity index (χ1v) is 5.78. The van der Waals surface area contributed by atoms with Gasteiger partial charge in [0.05, 0.1) is 17.4 Å². The fourth-order valence-electron chi connectivity index (χ4n) is 1.77. The number of nitrogens with one attached hydrogen (secondary N) is 1. The van der Waals surface area contributed by atoms with Gasteiger partial charge in [-0.15, -0.1) is 0 Å². The molecule has 3 rings (SSSR count). The Kier molecular flexibility index (Phi) is 2.60. The molecule has 0 amide bonds. The Labute approximate surface area is 108 Å². The summed E-state index contributed by atoms with van der Waals surface area (Å²) in [5, 5.41) is 8.43. The molecule has 1 N–H and O–H groups in total. The summed E-state index contributed by atoms with van der Waals surface area (Å²) in [6.45, 7) is 0. The number of hydrogen-bond acceptors (Lipinski definition) is 4. The lowest BCUT2D eigenvalue weighted by Gasteiger charge is -2.06. The largest absolute Gasteiger partial charge is 0.337 e. The smallest absolute Gasteiger partial charge is 0.224 e. The molecule has 18 heavy (non-hydrogen) atoms. The zero-order valence-corrected chi connectivity index (χ0v) is 10.4. The lowest BCUT2D eigenvalue weighted by molar-refractivity contribution is 0.768. The van der Waals surface area contributed by atoms with Crippen LogP contribution in [-0.4, -0.2) is 19.7 Å². The Morgan fingerprint density at radius 3 is 2.83 bits per heavy atom. The molecular weight excluding hydrogens is 250 g/mol. The second kappa shape index (κ2) is 4.27. The summed E-state index contributed by atoms with van der Waals surface area (Å²) in [6, 6.07) is 7.70. The number of aryl methyl sites for hydroxylation is 1. The Hall–Kier alpha value is -2.14. The number of anilines is 2. The summed E-state index contributed by atoms with van der Waals surface area (Å²) < 4.78 is 1.72. The Morgan fingerprint density at radius 1 is 1.22 bits per heavy atom. The van der Waals surface area contributed by atoms with Gasteiger partial charge in [0.25, 0.3) is 0 Å². The van der Waals surface area contributed by atoms with Gasteiger partial charge in [-0.3, -0.25) is 4.68 Å². The van der Waals surface area contributed by atoms with Crippen molar-refractivity contribution in [2.75, 3.05) is 5.32 Å². The van der Waals surface area contributed by atoms with Gasteiger partial charge in [-0.25, -0.2) is 4.98 Å². The van der Waals surface area contributed by atoms with E-state index in [-0.39, 0.29) is 5.28 Å². The number of para-hydroxylation sites is 1.